The third-order valence-electron chi connectivity index (χ3n) is 3.46. The lowest BCUT2D eigenvalue weighted by Gasteiger charge is -2.01. The number of H-pyrrole nitrogens is 1. The number of hydrogen-bond donors (Lipinski definition) is 2. The van der Waals surface area contributed by atoms with Crippen molar-refractivity contribution in [3.63, 3.8) is 0 Å². The van der Waals surface area contributed by atoms with Gasteiger partial charge in [-0.15, -0.1) is 21.5 Å². The van der Waals surface area contributed by atoms with E-state index in [0.717, 1.165) is 9.90 Å². The van der Waals surface area contributed by atoms with Crippen LogP contribution in [0.2, 0.25) is 0 Å². The fraction of sp³-hybridized carbons (Fsp3) is 0.125. The number of halogens is 1. The first-order valence-electron chi connectivity index (χ1n) is 7.58. The van der Waals surface area contributed by atoms with Gasteiger partial charge in [-0.3, -0.25) is 4.79 Å². The predicted molar refractivity (Wildman–Crippen MR) is 103 cm³/mol. The molecule has 4 rings (SSSR count). The number of rotatable bonds is 6. The first-order chi connectivity index (χ1) is 12.7. The minimum atomic E-state index is -0.254. The SMILES string of the molecule is O=c1[nH]c(CSc2nnc(NCc3ccc(F)cc3)s2)nc2ccsc12. The van der Waals surface area contributed by atoms with Crippen LogP contribution in [-0.2, 0) is 12.3 Å². The van der Waals surface area contributed by atoms with Gasteiger partial charge < -0.3 is 10.3 Å². The van der Waals surface area contributed by atoms with Crippen molar-refractivity contribution in [2.45, 2.75) is 16.6 Å². The van der Waals surface area contributed by atoms with E-state index in [9.17, 15) is 9.18 Å². The van der Waals surface area contributed by atoms with E-state index in [1.807, 2.05) is 11.4 Å². The quantitative estimate of drug-likeness (QED) is 0.474. The number of nitrogens with one attached hydrogen (secondary N) is 2. The van der Waals surface area contributed by atoms with Crippen LogP contribution in [-0.4, -0.2) is 20.2 Å². The van der Waals surface area contributed by atoms with E-state index in [0.29, 0.717) is 33.5 Å². The Kier molecular flexibility index (Phi) is 4.96. The van der Waals surface area contributed by atoms with Gasteiger partial charge in [-0.2, -0.15) is 0 Å². The van der Waals surface area contributed by atoms with Crippen LogP contribution in [0.1, 0.15) is 11.4 Å². The lowest BCUT2D eigenvalue weighted by Crippen LogP contribution is -2.09. The summed E-state index contributed by atoms with van der Waals surface area (Å²) in [5, 5.41) is 13.9. The van der Waals surface area contributed by atoms with Crippen molar-refractivity contribution in [3.05, 3.63) is 63.3 Å². The number of hydrogen-bond acceptors (Lipinski definition) is 8. The lowest BCUT2D eigenvalue weighted by atomic mass is 10.2. The summed E-state index contributed by atoms with van der Waals surface area (Å²) in [4.78, 5) is 19.2. The zero-order valence-corrected chi connectivity index (χ0v) is 15.7. The molecule has 10 heteroatoms. The molecule has 0 unspecified atom stereocenters. The molecule has 4 aromatic rings. The Morgan fingerprint density at radius 3 is 2.88 bits per heavy atom. The maximum Gasteiger partial charge on any atom is 0.268 e. The van der Waals surface area contributed by atoms with Gasteiger partial charge in [0.2, 0.25) is 5.13 Å². The molecule has 0 aliphatic carbocycles. The number of fused-ring (bicyclic) bond motifs is 1. The van der Waals surface area contributed by atoms with Gasteiger partial charge in [0, 0.05) is 6.54 Å². The van der Waals surface area contributed by atoms with Crippen LogP contribution in [0.5, 0.6) is 0 Å². The minimum absolute atomic E-state index is 0.112. The molecule has 0 aliphatic heterocycles. The van der Waals surface area contributed by atoms with E-state index >= 15 is 0 Å². The largest absolute Gasteiger partial charge is 0.356 e. The zero-order chi connectivity index (χ0) is 17.9. The van der Waals surface area contributed by atoms with Gasteiger partial charge in [0.05, 0.1) is 11.3 Å². The molecule has 0 saturated heterocycles. The second-order valence-corrected chi connectivity index (χ2v) is 8.41. The molecule has 0 saturated carbocycles. The average molecular weight is 406 g/mol. The zero-order valence-electron chi connectivity index (χ0n) is 13.2. The van der Waals surface area contributed by atoms with Gasteiger partial charge in [0.25, 0.3) is 5.56 Å². The summed E-state index contributed by atoms with van der Waals surface area (Å²) in [6, 6.07) is 8.14. The van der Waals surface area contributed by atoms with Gasteiger partial charge in [-0.25, -0.2) is 9.37 Å². The van der Waals surface area contributed by atoms with Gasteiger partial charge in [0.1, 0.15) is 16.3 Å². The maximum atomic E-state index is 12.9. The molecule has 0 aliphatic rings. The highest BCUT2D eigenvalue weighted by Gasteiger charge is 2.09. The molecular formula is C16H12FN5OS3. The molecule has 2 N–H and O–H groups in total. The highest BCUT2D eigenvalue weighted by Crippen LogP contribution is 2.28. The van der Waals surface area contributed by atoms with Crippen LogP contribution in [0.3, 0.4) is 0 Å². The summed E-state index contributed by atoms with van der Waals surface area (Å²) in [7, 11) is 0. The van der Waals surface area contributed by atoms with Crippen molar-refractivity contribution >= 4 is 49.8 Å². The monoisotopic (exact) mass is 405 g/mol. The Labute approximate surface area is 159 Å². The number of aromatic amines is 1. The smallest absolute Gasteiger partial charge is 0.268 e. The summed E-state index contributed by atoms with van der Waals surface area (Å²) in [5.41, 5.74) is 1.56. The van der Waals surface area contributed by atoms with Crippen LogP contribution in [0.4, 0.5) is 9.52 Å². The highest BCUT2D eigenvalue weighted by atomic mass is 32.2. The molecule has 6 nitrogen and oxygen atoms in total. The van der Waals surface area contributed by atoms with E-state index in [1.165, 1.54) is 46.6 Å². The third-order valence-corrected chi connectivity index (χ3v) is 6.39. The Balaban J connectivity index is 1.37. The molecule has 0 fully saturated rings. The number of nitrogens with zero attached hydrogens (tertiary/aromatic N) is 3. The Morgan fingerprint density at radius 2 is 2.04 bits per heavy atom. The van der Waals surface area contributed by atoms with Crippen LogP contribution < -0.4 is 10.9 Å². The van der Waals surface area contributed by atoms with Gasteiger partial charge in [-0.1, -0.05) is 35.2 Å². The highest BCUT2D eigenvalue weighted by molar-refractivity contribution is 8.00. The fourth-order valence-corrected chi connectivity index (χ4v) is 4.58. The number of thioether (sulfide) groups is 1. The molecule has 0 bridgehead atoms. The van der Waals surface area contributed by atoms with E-state index in [1.54, 1.807) is 12.1 Å². The van der Waals surface area contributed by atoms with E-state index < -0.39 is 0 Å². The second kappa shape index (κ2) is 7.52. The van der Waals surface area contributed by atoms with Crippen LogP contribution in [0, 0.1) is 5.82 Å². The third kappa shape index (κ3) is 3.92. The van der Waals surface area contributed by atoms with Crippen LogP contribution in [0.25, 0.3) is 10.2 Å². The number of benzene rings is 1. The molecular weight excluding hydrogens is 393 g/mol. The molecule has 0 spiro atoms. The Bertz CT molecular complexity index is 1090. The fourth-order valence-electron chi connectivity index (χ4n) is 2.24. The van der Waals surface area contributed by atoms with Crippen molar-refractivity contribution < 1.29 is 4.39 Å². The normalized spacial score (nSPS) is 11.1. The summed E-state index contributed by atoms with van der Waals surface area (Å²) < 4.78 is 14.3. The van der Waals surface area contributed by atoms with Crippen molar-refractivity contribution in [1.29, 1.82) is 0 Å². The second-order valence-electron chi connectivity index (χ2n) is 5.29. The van der Waals surface area contributed by atoms with Gasteiger partial charge in [-0.05, 0) is 29.1 Å². The van der Waals surface area contributed by atoms with E-state index in [-0.39, 0.29) is 11.4 Å². The summed E-state index contributed by atoms with van der Waals surface area (Å²) >= 11 is 4.27. The number of anilines is 1. The van der Waals surface area contributed by atoms with Crippen molar-refractivity contribution in [1.82, 2.24) is 20.2 Å². The van der Waals surface area contributed by atoms with Crippen molar-refractivity contribution in [2.75, 3.05) is 5.32 Å². The molecule has 0 atom stereocenters. The maximum absolute atomic E-state index is 12.9. The number of aromatic nitrogens is 4. The Morgan fingerprint density at radius 1 is 1.19 bits per heavy atom. The molecule has 0 radical (unpaired) electrons. The molecule has 1 aromatic carbocycles. The lowest BCUT2D eigenvalue weighted by molar-refractivity contribution is 0.627. The molecule has 26 heavy (non-hydrogen) atoms. The average Bonchev–Trinajstić information content (AvgIpc) is 3.29. The predicted octanol–water partition coefficient (Wildman–Crippen LogP) is 3.88. The van der Waals surface area contributed by atoms with Crippen molar-refractivity contribution in [3.8, 4) is 0 Å². The number of thiophene rings is 1. The summed E-state index contributed by atoms with van der Waals surface area (Å²) in [5.74, 6) is 0.866. The minimum Gasteiger partial charge on any atom is -0.356 e. The molecule has 3 heterocycles. The van der Waals surface area contributed by atoms with Gasteiger partial charge >= 0.3 is 0 Å². The standard InChI is InChI=1S/C16H12FN5OS3/c17-10-3-1-9(2-4-10)7-18-15-21-22-16(26-15)25-8-12-19-11-5-6-24-13(11)14(23)20-12/h1-6H,7-8H2,(H,18,21)(H,19,20,23). The van der Waals surface area contributed by atoms with E-state index in [4.69, 9.17) is 0 Å². The molecule has 132 valence electrons. The van der Waals surface area contributed by atoms with Crippen LogP contribution in [0.15, 0.2) is 44.8 Å². The summed E-state index contributed by atoms with van der Waals surface area (Å²) in [6.45, 7) is 0.545. The first-order valence-corrected chi connectivity index (χ1v) is 10.3. The van der Waals surface area contributed by atoms with Crippen molar-refractivity contribution in [2.24, 2.45) is 0 Å². The van der Waals surface area contributed by atoms with E-state index in [2.05, 4.69) is 25.5 Å². The summed E-state index contributed by atoms with van der Waals surface area (Å²) in [6.07, 6.45) is 0. The molecule has 0 amide bonds. The topological polar surface area (TPSA) is 83.6 Å². The Hall–Kier alpha value is -2.30. The van der Waals surface area contributed by atoms with Crippen LogP contribution >= 0.6 is 34.4 Å². The first kappa shape index (κ1) is 17.1. The van der Waals surface area contributed by atoms with Gasteiger partial charge in [0.15, 0.2) is 4.34 Å². The molecule has 3 aromatic heterocycles.